The maximum absolute atomic E-state index is 5.97. The Morgan fingerprint density at radius 1 is 1.15 bits per heavy atom. The molecule has 0 spiro atoms. The minimum Gasteiger partial charge on any atom is -0.490 e. The van der Waals surface area contributed by atoms with Crippen molar-refractivity contribution >= 4 is 5.69 Å². The van der Waals surface area contributed by atoms with Crippen LogP contribution in [0.3, 0.4) is 0 Å². The average Bonchev–Trinajstić information content (AvgIpc) is 3.10. The first-order chi connectivity index (χ1) is 9.79. The molecule has 0 amide bonds. The molecular formula is C17H22N2O. The lowest BCUT2D eigenvalue weighted by Gasteiger charge is -2.13. The van der Waals surface area contributed by atoms with Gasteiger partial charge in [0.2, 0.25) is 0 Å². The van der Waals surface area contributed by atoms with E-state index in [1.807, 2.05) is 7.05 Å². The van der Waals surface area contributed by atoms with Crippen LogP contribution >= 0.6 is 0 Å². The Balaban J connectivity index is 1.52. The minimum atomic E-state index is 0.429. The van der Waals surface area contributed by atoms with Crippen LogP contribution in [-0.2, 0) is 13.6 Å². The second-order valence-corrected chi connectivity index (χ2v) is 5.59. The number of ether oxygens (including phenoxy) is 1. The summed E-state index contributed by atoms with van der Waals surface area (Å²) >= 11 is 0. The van der Waals surface area contributed by atoms with Gasteiger partial charge in [-0.05, 0) is 61.6 Å². The summed E-state index contributed by atoms with van der Waals surface area (Å²) in [7, 11) is 2.04. The van der Waals surface area contributed by atoms with Gasteiger partial charge in [-0.25, -0.2) is 0 Å². The topological polar surface area (TPSA) is 26.2 Å². The summed E-state index contributed by atoms with van der Waals surface area (Å²) < 4.78 is 8.03. The highest BCUT2D eigenvalue weighted by Crippen LogP contribution is 2.25. The summed E-state index contributed by atoms with van der Waals surface area (Å²) in [6.07, 6.45) is 9.64. The van der Waals surface area contributed by atoms with E-state index in [-0.39, 0.29) is 0 Å². The molecule has 0 unspecified atom stereocenters. The third kappa shape index (κ3) is 3.35. The molecule has 3 heteroatoms. The van der Waals surface area contributed by atoms with Crippen molar-refractivity contribution in [1.82, 2.24) is 4.57 Å². The van der Waals surface area contributed by atoms with Gasteiger partial charge in [0.05, 0.1) is 6.10 Å². The number of nitrogens with zero attached hydrogens (tertiary/aromatic N) is 1. The molecule has 1 fully saturated rings. The van der Waals surface area contributed by atoms with Crippen molar-refractivity contribution in [1.29, 1.82) is 0 Å². The van der Waals surface area contributed by atoms with E-state index in [2.05, 4.69) is 52.6 Å². The molecule has 20 heavy (non-hydrogen) atoms. The number of aryl methyl sites for hydroxylation is 1. The van der Waals surface area contributed by atoms with Crippen LogP contribution in [0, 0.1) is 0 Å². The first kappa shape index (κ1) is 13.1. The molecule has 3 rings (SSSR count). The van der Waals surface area contributed by atoms with Crippen molar-refractivity contribution in [3.05, 3.63) is 48.3 Å². The molecule has 2 aromatic rings. The number of benzene rings is 1. The van der Waals surface area contributed by atoms with Crippen molar-refractivity contribution in [2.45, 2.75) is 38.3 Å². The van der Waals surface area contributed by atoms with E-state index in [1.54, 1.807) is 0 Å². The smallest absolute Gasteiger partial charge is 0.119 e. The molecule has 1 aliphatic carbocycles. The lowest BCUT2D eigenvalue weighted by atomic mass is 10.2. The molecule has 3 nitrogen and oxygen atoms in total. The van der Waals surface area contributed by atoms with Gasteiger partial charge in [0.25, 0.3) is 0 Å². The summed E-state index contributed by atoms with van der Waals surface area (Å²) in [5, 5.41) is 3.43. The van der Waals surface area contributed by atoms with E-state index in [9.17, 15) is 0 Å². The molecule has 1 aliphatic rings. The Kier molecular flexibility index (Phi) is 3.95. The Hall–Kier alpha value is -1.90. The van der Waals surface area contributed by atoms with Crippen molar-refractivity contribution in [2.24, 2.45) is 7.05 Å². The molecule has 1 aromatic heterocycles. The monoisotopic (exact) mass is 270 g/mol. The standard InChI is InChI=1S/C17H22N2O/c1-19-11-10-14(13-19)12-18-15-6-8-17(9-7-15)20-16-4-2-3-5-16/h6-11,13,16,18H,2-5,12H2,1H3. The van der Waals surface area contributed by atoms with Gasteiger partial charge in [-0.2, -0.15) is 0 Å². The van der Waals surface area contributed by atoms with Crippen LogP contribution < -0.4 is 10.1 Å². The molecule has 106 valence electrons. The normalized spacial score (nSPS) is 15.4. The van der Waals surface area contributed by atoms with Crippen LogP contribution in [0.2, 0.25) is 0 Å². The molecule has 0 aliphatic heterocycles. The Bertz CT molecular complexity index is 538. The first-order valence-electron chi connectivity index (χ1n) is 7.41. The zero-order valence-corrected chi connectivity index (χ0v) is 12.0. The molecule has 0 radical (unpaired) electrons. The molecule has 0 atom stereocenters. The highest BCUT2D eigenvalue weighted by molar-refractivity contribution is 5.46. The van der Waals surface area contributed by atoms with Crippen molar-refractivity contribution in [3.63, 3.8) is 0 Å². The third-order valence-electron chi connectivity index (χ3n) is 3.85. The SMILES string of the molecule is Cn1ccc(CNc2ccc(OC3CCCC3)cc2)c1. The number of anilines is 1. The van der Waals surface area contributed by atoms with Gasteiger partial charge in [-0.1, -0.05) is 0 Å². The third-order valence-corrected chi connectivity index (χ3v) is 3.85. The molecule has 1 aromatic carbocycles. The van der Waals surface area contributed by atoms with E-state index in [0.717, 1.165) is 18.0 Å². The van der Waals surface area contributed by atoms with Gasteiger partial charge in [0.15, 0.2) is 0 Å². The fourth-order valence-electron chi connectivity index (χ4n) is 2.72. The second-order valence-electron chi connectivity index (χ2n) is 5.59. The van der Waals surface area contributed by atoms with Crippen LogP contribution in [0.1, 0.15) is 31.2 Å². The number of nitrogens with one attached hydrogen (secondary N) is 1. The summed E-state index contributed by atoms with van der Waals surface area (Å²) in [4.78, 5) is 0. The zero-order chi connectivity index (χ0) is 13.8. The van der Waals surface area contributed by atoms with E-state index < -0.39 is 0 Å². The second kappa shape index (κ2) is 6.04. The Labute approximate surface area is 120 Å². The molecule has 0 saturated heterocycles. The van der Waals surface area contributed by atoms with Gasteiger partial charge in [0, 0.05) is 31.7 Å². The fourth-order valence-corrected chi connectivity index (χ4v) is 2.72. The summed E-state index contributed by atoms with van der Waals surface area (Å²) in [5.74, 6) is 0.988. The highest BCUT2D eigenvalue weighted by atomic mass is 16.5. The van der Waals surface area contributed by atoms with Crippen LogP contribution in [0.5, 0.6) is 5.75 Å². The molecule has 0 bridgehead atoms. The largest absolute Gasteiger partial charge is 0.490 e. The van der Waals surface area contributed by atoms with E-state index in [0.29, 0.717) is 6.10 Å². The molecule has 1 N–H and O–H groups in total. The highest BCUT2D eigenvalue weighted by Gasteiger charge is 2.16. The lowest BCUT2D eigenvalue weighted by Crippen LogP contribution is -2.10. The minimum absolute atomic E-state index is 0.429. The van der Waals surface area contributed by atoms with Gasteiger partial charge in [0.1, 0.15) is 5.75 Å². The number of hydrogen-bond acceptors (Lipinski definition) is 2. The number of aromatic nitrogens is 1. The van der Waals surface area contributed by atoms with Crippen LogP contribution in [-0.4, -0.2) is 10.7 Å². The van der Waals surface area contributed by atoms with Gasteiger partial charge < -0.3 is 14.6 Å². The van der Waals surface area contributed by atoms with Crippen LogP contribution in [0.15, 0.2) is 42.7 Å². The van der Waals surface area contributed by atoms with E-state index in [4.69, 9.17) is 4.74 Å². The predicted molar refractivity (Wildman–Crippen MR) is 82.1 cm³/mol. The Morgan fingerprint density at radius 2 is 1.90 bits per heavy atom. The first-order valence-corrected chi connectivity index (χ1v) is 7.41. The fraction of sp³-hybridized carbons (Fsp3) is 0.412. The Morgan fingerprint density at radius 3 is 2.55 bits per heavy atom. The maximum atomic E-state index is 5.97. The lowest BCUT2D eigenvalue weighted by molar-refractivity contribution is 0.210. The predicted octanol–water partition coefficient (Wildman–Crippen LogP) is 3.96. The summed E-state index contributed by atoms with van der Waals surface area (Å²) in [6.45, 7) is 0.851. The van der Waals surface area contributed by atoms with Crippen LogP contribution in [0.4, 0.5) is 5.69 Å². The molecular weight excluding hydrogens is 248 g/mol. The quantitative estimate of drug-likeness (QED) is 0.890. The van der Waals surface area contributed by atoms with E-state index >= 15 is 0 Å². The van der Waals surface area contributed by atoms with Crippen molar-refractivity contribution in [2.75, 3.05) is 5.32 Å². The molecule has 1 heterocycles. The summed E-state index contributed by atoms with van der Waals surface area (Å²) in [5.41, 5.74) is 2.42. The summed E-state index contributed by atoms with van der Waals surface area (Å²) in [6, 6.07) is 10.4. The molecule has 1 saturated carbocycles. The van der Waals surface area contributed by atoms with Crippen molar-refractivity contribution < 1.29 is 4.74 Å². The van der Waals surface area contributed by atoms with Crippen LogP contribution in [0.25, 0.3) is 0 Å². The van der Waals surface area contributed by atoms with Gasteiger partial charge in [-0.3, -0.25) is 0 Å². The van der Waals surface area contributed by atoms with E-state index in [1.165, 1.54) is 31.2 Å². The zero-order valence-electron chi connectivity index (χ0n) is 12.0. The maximum Gasteiger partial charge on any atom is 0.119 e. The van der Waals surface area contributed by atoms with Gasteiger partial charge in [-0.15, -0.1) is 0 Å². The van der Waals surface area contributed by atoms with Crippen molar-refractivity contribution in [3.8, 4) is 5.75 Å². The average molecular weight is 270 g/mol. The van der Waals surface area contributed by atoms with Gasteiger partial charge >= 0.3 is 0 Å². The number of rotatable bonds is 5. The number of hydrogen-bond donors (Lipinski definition) is 1.